The quantitative estimate of drug-likeness (QED) is 0.822. The monoisotopic (exact) mass is 390 g/mol. The largest absolute Gasteiger partial charge is 0.416 e. The third-order valence-electron chi connectivity index (χ3n) is 4.77. The fraction of sp³-hybridized carbons (Fsp3) is 0.333. The number of likely N-dealkylation sites (tertiary alicyclic amines) is 1. The van der Waals surface area contributed by atoms with E-state index in [0.717, 1.165) is 17.7 Å². The second kappa shape index (κ2) is 8.46. The van der Waals surface area contributed by atoms with Gasteiger partial charge in [-0.3, -0.25) is 9.59 Å². The lowest BCUT2D eigenvalue weighted by atomic mass is 10.1. The lowest BCUT2D eigenvalue weighted by Crippen LogP contribution is -2.34. The minimum absolute atomic E-state index is 0.0660. The van der Waals surface area contributed by atoms with Crippen LogP contribution in [-0.2, 0) is 28.7 Å². The number of nitrogens with zero attached hydrogens (tertiary/aromatic N) is 1. The molecule has 1 saturated heterocycles. The van der Waals surface area contributed by atoms with E-state index in [0.29, 0.717) is 18.5 Å². The van der Waals surface area contributed by atoms with Gasteiger partial charge in [0.25, 0.3) is 0 Å². The van der Waals surface area contributed by atoms with E-state index in [1.54, 1.807) is 6.07 Å². The summed E-state index contributed by atoms with van der Waals surface area (Å²) in [5.74, 6) is -0.898. The van der Waals surface area contributed by atoms with Crippen LogP contribution in [0.1, 0.15) is 23.1 Å². The number of halogens is 3. The Morgan fingerprint density at radius 2 is 1.79 bits per heavy atom. The van der Waals surface area contributed by atoms with Gasteiger partial charge in [-0.2, -0.15) is 13.2 Å². The van der Waals surface area contributed by atoms with Crippen LogP contribution in [0.3, 0.4) is 0 Å². The molecule has 2 aromatic carbocycles. The van der Waals surface area contributed by atoms with Crippen LogP contribution >= 0.6 is 0 Å². The van der Waals surface area contributed by atoms with E-state index >= 15 is 0 Å². The number of hydrogen-bond acceptors (Lipinski definition) is 2. The molecular weight excluding hydrogens is 369 g/mol. The van der Waals surface area contributed by atoms with Crippen molar-refractivity contribution in [2.45, 2.75) is 25.6 Å². The average molecular weight is 390 g/mol. The summed E-state index contributed by atoms with van der Waals surface area (Å²) < 4.78 is 38.5. The van der Waals surface area contributed by atoms with Gasteiger partial charge in [-0.1, -0.05) is 42.5 Å². The fourth-order valence-electron chi connectivity index (χ4n) is 3.29. The minimum atomic E-state index is -4.42. The molecule has 0 aromatic heterocycles. The van der Waals surface area contributed by atoms with Crippen molar-refractivity contribution in [2.24, 2.45) is 5.92 Å². The molecule has 0 unspecified atom stereocenters. The van der Waals surface area contributed by atoms with Crippen LogP contribution in [0, 0.1) is 5.92 Å². The molecule has 0 radical (unpaired) electrons. The zero-order valence-electron chi connectivity index (χ0n) is 15.2. The molecule has 0 bridgehead atoms. The van der Waals surface area contributed by atoms with E-state index in [1.807, 2.05) is 30.3 Å². The van der Waals surface area contributed by atoms with E-state index in [2.05, 4.69) is 5.32 Å². The van der Waals surface area contributed by atoms with Gasteiger partial charge in [-0.05, 0) is 29.7 Å². The Hall–Kier alpha value is -2.83. The first-order valence-electron chi connectivity index (χ1n) is 9.08. The molecule has 1 fully saturated rings. The van der Waals surface area contributed by atoms with Crippen molar-refractivity contribution in [1.82, 2.24) is 10.2 Å². The molecule has 2 aromatic rings. The standard InChI is InChI=1S/C21H21F3N2O2/c22-21(23,24)18-8-4-7-16(11-18)13-26-14-17(12-19(26)27)20(28)25-10-9-15-5-2-1-3-6-15/h1-8,11,17H,9-10,12-14H2,(H,25,28)/t17-/m1/s1. The summed E-state index contributed by atoms with van der Waals surface area (Å²) >= 11 is 0. The number of alkyl halides is 3. The second-order valence-corrected chi connectivity index (χ2v) is 6.90. The molecule has 28 heavy (non-hydrogen) atoms. The van der Waals surface area contributed by atoms with Gasteiger partial charge >= 0.3 is 6.18 Å². The smallest absolute Gasteiger partial charge is 0.355 e. The highest BCUT2D eigenvalue weighted by Gasteiger charge is 2.35. The molecule has 1 atom stereocenters. The molecule has 4 nitrogen and oxygen atoms in total. The predicted molar refractivity (Wildman–Crippen MR) is 98.1 cm³/mol. The van der Waals surface area contributed by atoms with E-state index in [-0.39, 0.29) is 31.3 Å². The van der Waals surface area contributed by atoms with Gasteiger partial charge in [0.2, 0.25) is 11.8 Å². The topological polar surface area (TPSA) is 49.4 Å². The highest BCUT2D eigenvalue weighted by Crippen LogP contribution is 2.30. The van der Waals surface area contributed by atoms with Crippen LogP contribution in [0.15, 0.2) is 54.6 Å². The van der Waals surface area contributed by atoms with E-state index in [1.165, 1.54) is 11.0 Å². The van der Waals surface area contributed by atoms with Gasteiger partial charge in [0.1, 0.15) is 0 Å². The first-order chi connectivity index (χ1) is 13.3. The Morgan fingerprint density at radius 1 is 1.07 bits per heavy atom. The number of carbonyl (C=O) groups excluding carboxylic acids is 2. The molecule has 1 heterocycles. The Kier molecular flexibility index (Phi) is 6.02. The zero-order chi connectivity index (χ0) is 20.1. The summed E-state index contributed by atoms with van der Waals surface area (Å²) in [5, 5.41) is 2.84. The summed E-state index contributed by atoms with van der Waals surface area (Å²) in [6.45, 7) is 0.754. The van der Waals surface area contributed by atoms with E-state index in [9.17, 15) is 22.8 Å². The number of benzene rings is 2. The maximum absolute atomic E-state index is 12.8. The van der Waals surface area contributed by atoms with Gasteiger partial charge in [0, 0.05) is 26.1 Å². The van der Waals surface area contributed by atoms with Crippen LogP contribution in [0.2, 0.25) is 0 Å². The molecule has 2 amide bonds. The zero-order valence-corrected chi connectivity index (χ0v) is 15.2. The van der Waals surface area contributed by atoms with Gasteiger partial charge in [0.05, 0.1) is 11.5 Å². The lowest BCUT2D eigenvalue weighted by Gasteiger charge is -2.17. The molecule has 0 saturated carbocycles. The third kappa shape index (κ3) is 5.12. The summed E-state index contributed by atoms with van der Waals surface area (Å²) in [4.78, 5) is 26.0. The predicted octanol–water partition coefficient (Wildman–Crippen LogP) is 3.41. The van der Waals surface area contributed by atoms with Gasteiger partial charge in [-0.15, -0.1) is 0 Å². The Balaban J connectivity index is 1.52. The van der Waals surface area contributed by atoms with Crippen molar-refractivity contribution in [3.05, 3.63) is 71.3 Å². The summed E-state index contributed by atoms with van der Waals surface area (Å²) in [6.07, 6.45) is -3.65. The molecule has 1 aliphatic heterocycles. The molecule has 1 N–H and O–H groups in total. The van der Waals surface area contributed by atoms with Crippen LogP contribution in [0.5, 0.6) is 0 Å². The number of carbonyl (C=O) groups is 2. The van der Waals surface area contributed by atoms with E-state index < -0.39 is 17.7 Å². The molecule has 148 valence electrons. The van der Waals surface area contributed by atoms with Crippen molar-refractivity contribution in [1.29, 1.82) is 0 Å². The van der Waals surface area contributed by atoms with E-state index in [4.69, 9.17) is 0 Å². The molecule has 0 spiro atoms. The minimum Gasteiger partial charge on any atom is -0.355 e. The Labute approximate surface area is 161 Å². The maximum Gasteiger partial charge on any atom is 0.416 e. The first-order valence-corrected chi connectivity index (χ1v) is 9.08. The third-order valence-corrected chi connectivity index (χ3v) is 4.77. The second-order valence-electron chi connectivity index (χ2n) is 6.90. The molecule has 0 aliphatic carbocycles. The van der Waals surface area contributed by atoms with Gasteiger partial charge < -0.3 is 10.2 Å². The number of rotatable bonds is 6. The van der Waals surface area contributed by atoms with Gasteiger partial charge in [-0.25, -0.2) is 0 Å². The van der Waals surface area contributed by atoms with Crippen LogP contribution in [-0.4, -0.2) is 29.8 Å². The van der Waals surface area contributed by atoms with Crippen molar-refractivity contribution in [3.63, 3.8) is 0 Å². The Bertz CT molecular complexity index is 837. The summed E-state index contributed by atoms with van der Waals surface area (Å²) in [6, 6.07) is 14.6. The lowest BCUT2D eigenvalue weighted by molar-refractivity contribution is -0.137. The van der Waals surface area contributed by atoms with Crippen LogP contribution < -0.4 is 5.32 Å². The molecule has 7 heteroatoms. The normalized spacial score (nSPS) is 17.0. The summed E-state index contributed by atoms with van der Waals surface area (Å²) in [7, 11) is 0. The van der Waals surface area contributed by atoms with Crippen molar-refractivity contribution in [3.8, 4) is 0 Å². The SMILES string of the molecule is O=C(NCCc1ccccc1)[C@@H]1CC(=O)N(Cc2cccc(C(F)(F)F)c2)C1. The maximum atomic E-state index is 12.8. The van der Waals surface area contributed by atoms with Crippen molar-refractivity contribution in [2.75, 3.05) is 13.1 Å². The highest BCUT2D eigenvalue weighted by atomic mass is 19.4. The number of nitrogens with one attached hydrogen (secondary N) is 1. The fourth-order valence-corrected chi connectivity index (χ4v) is 3.29. The molecule has 1 aliphatic rings. The van der Waals surface area contributed by atoms with Crippen LogP contribution in [0.25, 0.3) is 0 Å². The summed E-state index contributed by atoms with van der Waals surface area (Å²) in [5.41, 5.74) is 0.761. The van der Waals surface area contributed by atoms with Gasteiger partial charge in [0.15, 0.2) is 0 Å². The molecule has 3 rings (SSSR count). The number of amides is 2. The highest BCUT2D eigenvalue weighted by molar-refractivity contribution is 5.89. The average Bonchev–Trinajstić information content (AvgIpc) is 3.03. The van der Waals surface area contributed by atoms with Crippen molar-refractivity contribution >= 4 is 11.8 Å². The van der Waals surface area contributed by atoms with Crippen LogP contribution in [0.4, 0.5) is 13.2 Å². The number of hydrogen-bond donors (Lipinski definition) is 1. The first kappa shape index (κ1) is 19.9. The Morgan fingerprint density at radius 3 is 2.50 bits per heavy atom. The van der Waals surface area contributed by atoms with Crippen molar-refractivity contribution < 1.29 is 22.8 Å². The molecular formula is C21H21F3N2O2.